The molecule has 0 radical (unpaired) electrons. The molecule has 0 spiro atoms. The molecule has 0 amide bonds. The van der Waals surface area contributed by atoms with Gasteiger partial charge in [0.05, 0.1) is 12.1 Å². The van der Waals surface area contributed by atoms with Gasteiger partial charge in [-0.25, -0.2) is 4.98 Å². The second-order valence-electron chi connectivity index (χ2n) is 5.14. The van der Waals surface area contributed by atoms with Crippen LogP contribution in [0.2, 0.25) is 0 Å². The van der Waals surface area contributed by atoms with Crippen LogP contribution >= 0.6 is 11.3 Å². The minimum absolute atomic E-state index is 0.0615. The van der Waals surface area contributed by atoms with Crippen molar-refractivity contribution < 1.29 is 4.79 Å². The van der Waals surface area contributed by atoms with E-state index in [1.54, 1.807) is 11.3 Å². The molecule has 1 rings (SSSR count). The largest absolute Gasteiger partial charge is 0.294 e. The first-order valence-corrected chi connectivity index (χ1v) is 6.89. The minimum atomic E-state index is 0.0615. The maximum absolute atomic E-state index is 11.9. The van der Waals surface area contributed by atoms with Gasteiger partial charge in [0.15, 0.2) is 5.78 Å². The van der Waals surface area contributed by atoms with Crippen LogP contribution < -0.4 is 0 Å². The number of carbonyl (C=O) groups is 1. The number of aromatic nitrogens is 1. The summed E-state index contributed by atoms with van der Waals surface area (Å²) in [5.41, 5.74) is 2.03. The van der Waals surface area contributed by atoms with Gasteiger partial charge in [-0.3, -0.25) is 4.79 Å². The average molecular weight is 251 g/mol. The fourth-order valence-corrected chi connectivity index (χ4v) is 2.57. The van der Waals surface area contributed by atoms with Crippen molar-refractivity contribution in [1.82, 2.24) is 4.98 Å². The molecule has 0 bridgehead atoms. The summed E-state index contributed by atoms with van der Waals surface area (Å²) in [6, 6.07) is 0. The normalized spacial score (nSPS) is 12.9. The molecule has 1 aromatic heterocycles. The molecule has 17 heavy (non-hydrogen) atoms. The minimum Gasteiger partial charge on any atom is -0.294 e. The Morgan fingerprint density at radius 1 is 1.47 bits per heavy atom. The molecule has 1 heterocycles. The second-order valence-corrected chi connectivity index (χ2v) is 6.09. The zero-order valence-corrected chi connectivity index (χ0v) is 12.1. The van der Waals surface area contributed by atoms with Crippen LogP contribution in [0.5, 0.6) is 0 Å². The van der Waals surface area contributed by atoms with Crippen molar-refractivity contribution >= 4 is 17.1 Å². The molecule has 0 aromatic carbocycles. The predicted molar refractivity (Wildman–Crippen MR) is 73.6 cm³/mol. The number of nitrogens with zero attached hydrogens (tertiary/aromatic N) is 1. The number of ketones is 1. The van der Waals surface area contributed by atoms with Gasteiger partial charge in [-0.1, -0.05) is 33.8 Å². The smallest absolute Gasteiger partial charge is 0.165 e. The van der Waals surface area contributed by atoms with E-state index < -0.39 is 0 Å². The predicted octanol–water partition coefficient (Wildman–Crippen LogP) is 3.91. The molecule has 3 heteroatoms. The highest BCUT2D eigenvalue weighted by Crippen LogP contribution is 2.24. The molecule has 2 nitrogen and oxygen atoms in total. The van der Waals surface area contributed by atoms with Gasteiger partial charge in [0.1, 0.15) is 5.01 Å². The zero-order chi connectivity index (χ0) is 13.1. The third-order valence-corrected chi connectivity index (χ3v) is 3.57. The van der Waals surface area contributed by atoms with Crippen LogP contribution in [0.15, 0.2) is 17.0 Å². The van der Waals surface area contributed by atoms with Gasteiger partial charge >= 0.3 is 0 Å². The second kappa shape index (κ2) is 5.58. The Labute approximate surface area is 108 Å². The van der Waals surface area contributed by atoms with Crippen molar-refractivity contribution in [3.63, 3.8) is 0 Å². The Hall–Kier alpha value is -0.960. The third-order valence-electron chi connectivity index (χ3n) is 2.72. The van der Waals surface area contributed by atoms with E-state index in [-0.39, 0.29) is 11.2 Å². The Balaban J connectivity index is 2.77. The van der Waals surface area contributed by atoms with Crippen LogP contribution in [0.1, 0.15) is 51.7 Å². The van der Waals surface area contributed by atoms with Gasteiger partial charge in [0.2, 0.25) is 0 Å². The molecule has 0 aliphatic rings. The molecule has 0 fully saturated rings. The highest BCUT2D eigenvalue weighted by molar-refractivity contribution is 7.09. The van der Waals surface area contributed by atoms with E-state index in [0.717, 1.165) is 22.7 Å². The van der Waals surface area contributed by atoms with Gasteiger partial charge in [-0.2, -0.15) is 0 Å². The van der Waals surface area contributed by atoms with E-state index in [1.165, 1.54) is 0 Å². The Morgan fingerprint density at radius 2 is 2.12 bits per heavy atom. The first-order chi connectivity index (χ1) is 7.88. The number of thiazole rings is 1. The number of Topliss-reactive ketones (excluding diaryl/α,β-unsaturated/α-hetero) is 1. The fourth-order valence-electron chi connectivity index (χ4n) is 1.55. The van der Waals surface area contributed by atoms with E-state index in [1.807, 2.05) is 19.9 Å². The van der Waals surface area contributed by atoms with Crippen molar-refractivity contribution in [3.05, 3.63) is 27.7 Å². The standard InChI is InChI=1S/C14H21NOS/c1-6-10(7-2)11(16)8-13-15-12(9-17-13)14(3,4)5/h6,9H,7-8H2,1-5H3. The Kier molecular flexibility index (Phi) is 4.63. The molecule has 94 valence electrons. The maximum Gasteiger partial charge on any atom is 0.165 e. The molecule has 0 N–H and O–H groups in total. The molecule has 1 aromatic rings. The highest BCUT2D eigenvalue weighted by Gasteiger charge is 2.18. The third kappa shape index (κ3) is 3.77. The molecule has 0 saturated heterocycles. The van der Waals surface area contributed by atoms with Crippen LogP contribution in [0.4, 0.5) is 0 Å². The molecular formula is C14H21NOS. The van der Waals surface area contributed by atoms with E-state index in [9.17, 15) is 4.79 Å². The van der Waals surface area contributed by atoms with Crippen LogP contribution in [0, 0.1) is 0 Å². The number of hydrogen-bond acceptors (Lipinski definition) is 3. The average Bonchev–Trinajstić information content (AvgIpc) is 2.67. The monoisotopic (exact) mass is 251 g/mol. The van der Waals surface area contributed by atoms with Crippen molar-refractivity contribution in [1.29, 1.82) is 0 Å². The summed E-state index contributed by atoms with van der Waals surface area (Å²) >= 11 is 1.58. The lowest BCUT2D eigenvalue weighted by Gasteiger charge is -2.14. The first kappa shape index (κ1) is 14.1. The van der Waals surface area contributed by atoms with Crippen molar-refractivity contribution in [2.45, 2.75) is 52.9 Å². The lowest BCUT2D eigenvalue weighted by molar-refractivity contribution is -0.115. The SMILES string of the molecule is CC=C(CC)C(=O)Cc1nc(C(C)(C)C)cs1. The zero-order valence-electron chi connectivity index (χ0n) is 11.3. The molecule has 0 aliphatic heterocycles. The van der Waals surface area contributed by atoms with Gasteiger partial charge in [0, 0.05) is 10.8 Å². The lowest BCUT2D eigenvalue weighted by Crippen LogP contribution is -2.12. The Morgan fingerprint density at radius 3 is 2.53 bits per heavy atom. The lowest BCUT2D eigenvalue weighted by atomic mass is 9.93. The van der Waals surface area contributed by atoms with Gasteiger partial charge < -0.3 is 0 Å². The first-order valence-electron chi connectivity index (χ1n) is 6.01. The maximum atomic E-state index is 11.9. The summed E-state index contributed by atoms with van der Waals surface area (Å²) in [5.74, 6) is 0.199. The highest BCUT2D eigenvalue weighted by atomic mass is 32.1. The Bertz CT molecular complexity index is 424. The molecule has 0 aliphatic carbocycles. The van der Waals surface area contributed by atoms with Crippen molar-refractivity contribution in [3.8, 4) is 0 Å². The summed E-state index contributed by atoms with van der Waals surface area (Å²) in [6.07, 6.45) is 3.14. The van der Waals surface area contributed by atoms with E-state index >= 15 is 0 Å². The molecule has 0 saturated carbocycles. The molecule has 0 atom stereocenters. The van der Waals surface area contributed by atoms with Gasteiger partial charge in [-0.05, 0) is 18.9 Å². The fraction of sp³-hybridized carbons (Fsp3) is 0.571. The van der Waals surface area contributed by atoms with Crippen LogP contribution in [0.3, 0.4) is 0 Å². The van der Waals surface area contributed by atoms with Crippen LogP contribution in [-0.4, -0.2) is 10.8 Å². The number of rotatable bonds is 4. The van der Waals surface area contributed by atoms with Crippen LogP contribution in [0.25, 0.3) is 0 Å². The number of hydrogen-bond donors (Lipinski definition) is 0. The van der Waals surface area contributed by atoms with Crippen molar-refractivity contribution in [2.24, 2.45) is 0 Å². The number of carbonyl (C=O) groups excluding carboxylic acids is 1. The van der Waals surface area contributed by atoms with Gasteiger partial charge in [0.25, 0.3) is 0 Å². The molecular weight excluding hydrogens is 230 g/mol. The van der Waals surface area contributed by atoms with Crippen molar-refractivity contribution in [2.75, 3.05) is 0 Å². The topological polar surface area (TPSA) is 30.0 Å². The number of allylic oxidation sites excluding steroid dienone is 2. The van der Waals surface area contributed by atoms with Crippen LogP contribution in [-0.2, 0) is 16.6 Å². The van der Waals surface area contributed by atoms with Gasteiger partial charge in [-0.15, -0.1) is 11.3 Å². The summed E-state index contributed by atoms with van der Waals surface area (Å²) in [5, 5.41) is 2.98. The summed E-state index contributed by atoms with van der Waals surface area (Å²) in [6.45, 7) is 10.3. The van der Waals surface area contributed by atoms with E-state index in [0.29, 0.717) is 6.42 Å². The summed E-state index contributed by atoms with van der Waals surface area (Å²) in [7, 11) is 0. The summed E-state index contributed by atoms with van der Waals surface area (Å²) < 4.78 is 0. The molecule has 0 unspecified atom stereocenters. The van der Waals surface area contributed by atoms with E-state index in [2.05, 4.69) is 31.1 Å². The quantitative estimate of drug-likeness (QED) is 0.759. The summed E-state index contributed by atoms with van der Waals surface area (Å²) in [4.78, 5) is 16.5. The van der Waals surface area contributed by atoms with E-state index in [4.69, 9.17) is 0 Å².